The zero-order chi connectivity index (χ0) is 19.4. The third kappa shape index (κ3) is 9.65. The molecule has 0 aromatic heterocycles. The number of benzene rings is 1. The molecule has 0 saturated heterocycles. The number of nitrogens with zero attached hydrogens (tertiary/aromatic N) is 1. The second-order valence-electron chi connectivity index (χ2n) is 5.65. The molecule has 0 heterocycles. The van der Waals surface area contributed by atoms with Gasteiger partial charge in [-0.2, -0.15) is 0 Å². The zero-order valence-corrected chi connectivity index (χ0v) is 18.7. The van der Waals surface area contributed by atoms with Crippen molar-refractivity contribution < 1.29 is 14.3 Å². The first-order valence-electron chi connectivity index (χ1n) is 8.67. The van der Waals surface area contributed by atoms with Crippen LogP contribution >= 0.6 is 40.2 Å². The lowest BCUT2D eigenvalue weighted by atomic mass is 10.0. The number of nitrogens with two attached hydrogens (primary N) is 1. The van der Waals surface area contributed by atoms with Crippen LogP contribution in [0.15, 0.2) is 24.3 Å². The maximum Gasteiger partial charge on any atom is 0.328 e. The molecular formula is C18H28BrCl2N3O3. The summed E-state index contributed by atoms with van der Waals surface area (Å²) < 4.78 is 5.06. The van der Waals surface area contributed by atoms with Gasteiger partial charge in [-0.3, -0.25) is 4.79 Å². The maximum atomic E-state index is 12.1. The molecule has 6 nitrogen and oxygen atoms in total. The van der Waals surface area contributed by atoms with Gasteiger partial charge in [-0.25, -0.2) is 4.79 Å². The van der Waals surface area contributed by atoms with Crippen LogP contribution in [0.1, 0.15) is 18.9 Å². The molecule has 0 spiro atoms. The standard InChI is InChI=1S/C18H27Cl2N3O3.BrH/c1-2-26-18(25)16(22-17(24)7-10-21)13-14-3-5-15(6-4-14)23(11-8-19)12-9-20;/h3-6,16H,2,7-13,21H2,1H3,(H,22,24);1H/t16-;/m0./s1. The van der Waals surface area contributed by atoms with E-state index in [2.05, 4.69) is 10.2 Å². The van der Waals surface area contributed by atoms with Gasteiger partial charge < -0.3 is 20.7 Å². The van der Waals surface area contributed by atoms with Crippen molar-refractivity contribution in [3.05, 3.63) is 29.8 Å². The number of ether oxygens (including phenoxy) is 1. The molecule has 1 rings (SSSR count). The van der Waals surface area contributed by atoms with Gasteiger partial charge in [-0.05, 0) is 24.6 Å². The van der Waals surface area contributed by atoms with Crippen molar-refractivity contribution in [3.8, 4) is 0 Å². The van der Waals surface area contributed by atoms with Crippen LogP contribution in [0.25, 0.3) is 0 Å². The van der Waals surface area contributed by atoms with Gasteiger partial charge in [0.2, 0.25) is 5.91 Å². The lowest BCUT2D eigenvalue weighted by Gasteiger charge is -2.23. The molecule has 0 bridgehead atoms. The summed E-state index contributed by atoms with van der Waals surface area (Å²) in [5.41, 5.74) is 7.31. The summed E-state index contributed by atoms with van der Waals surface area (Å²) in [6.07, 6.45) is 0.515. The van der Waals surface area contributed by atoms with Crippen LogP contribution in [0.5, 0.6) is 0 Å². The smallest absolute Gasteiger partial charge is 0.328 e. The Morgan fingerprint density at radius 1 is 1.19 bits per heavy atom. The quantitative estimate of drug-likeness (QED) is 0.351. The number of halogens is 3. The molecule has 1 atom stereocenters. The Kier molecular flexibility index (Phi) is 14.4. The van der Waals surface area contributed by atoms with E-state index < -0.39 is 12.0 Å². The minimum Gasteiger partial charge on any atom is -0.464 e. The second-order valence-corrected chi connectivity index (χ2v) is 6.40. The van der Waals surface area contributed by atoms with Crippen molar-refractivity contribution in [1.29, 1.82) is 0 Å². The molecule has 0 saturated carbocycles. The van der Waals surface area contributed by atoms with E-state index in [9.17, 15) is 9.59 Å². The van der Waals surface area contributed by atoms with Crippen LogP contribution < -0.4 is 16.0 Å². The Morgan fingerprint density at radius 2 is 1.78 bits per heavy atom. The van der Waals surface area contributed by atoms with Gasteiger partial charge in [0.15, 0.2) is 0 Å². The van der Waals surface area contributed by atoms with Crippen molar-refractivity contribution in [1.82, 2.24) is 5.32 Å². The number of nitrogens with one attached hydrogen (secondary N) is 1. The highest BCUT2D eigenvalue weighted by Crippen LogP contribution is 2.17. The number of amides is 1. The second kappa shape index (κ2) is 15.0. The molecule has 0 radical (unpaired) electrons. The van der Waals surface area contributed by atoms with Crippen LogP contribution in [0.2, 0.25) is 0 Å². The number of hydrogen-bond donors (Lipinski definition) is 2. The van der Waals surface area contributed by atoms with E-state index in [0.717, 1.165) is 11.3 Å². The molecule has 0 aliphatic rings. The van der Waals surface area contributed by atoms with Crippen LogP contribution in [-0.4, -0.2) is 55.9 Å². The van der Waals surface area contributed by atoms with Gasteiger partial charge in [0.1, 0.15) is 6.04 Å². The van der Waals surface area contributed by atoms with E-state index in [1.165, 1.54) is 0 Å². The first-order chi connectivity index (χ1) is 12.5. The van der Waals surface area contributed by atoms with Gasteiger partial charge in [0, 0.05) is 49.9 Å². The van der Waals surface area contributed by atoms with Crippen molar-refractivity contribution >= 4 is 57.7 Å². The van der Waals surface area contributed by atoms with Crippen molar-refractivity contribution in [2.24, 2.45) is 5.73 Å². The third-order valence-corrected chi connectivity index (χ3v) is 4.07. The molecule has 0 fully saturated rings. The average molecular weight is 485 g/mol. The third-order valence-electron chi connectivity index (χ3n) is 3.73. The molecule has 3 N–H and O–H groups in total. The lowest BCUT2D eigenvalue weighted by Crippen LogP contribution is -2.43. The fourth-order valence-corrected chi connectivity index (χ4v) is 2.89. The molecular weight excluding hydrogens is 457 g/mol. The molecule has 1 aromatic rings. The molecule has 1 aromatic carbocycles. The van der Waals surface area contributed by atoms with Gasteiger partial charge in [-0.1, -0.05) is 12.1 Å². The number of carbonyl (C=O) groups is 2. The Balaban J connectivity index is 0.00000676. The molecule has 0 aliphatic carbocycles. The predicted octanol–water partition coefficient (Wildman–Crippen LogP) is 2.49. The topological polar surface area (TPSA) is 84.7 Å². The summed E-state index contributed by atoms with van der Waals surface area (Å²) in [4.78, 5) is 26.0. The van der Waals surface area contributed by atoms with E-state index in [0.29, 0.717) is 31.3 Å². The SMILES string of the molecule is Br.CCOC(=O)[C@H](Cc1ccc(N(CCCl)CCCl)cc1)NC(=O)CCN. The van der Waals surface area contributed by atoms with E-state index in [4.69, 9.17) is 33.7 Å². The molecule has 1 amide bonds. The van der Waals surface area contributed by atoms with Crippen molar-refractivity contribution in [2.45, 2.75) is 25.8 Å². The molecule has 27 heavy (non-hydrogen) atoms. The minimum atomic E-state index is -0.735. The summed E-state index contributed by atoms with van der Waals surface area (Å²) in [7, 11) is 0. The van der Waals surface area contributed by atoms with Crippen molar-refractivity contribution in [2.75, 3.05) is 42.9 Å². The minimum absolute atomic E-state index is 0. The van der Waals surface area contributed by atoms with Crippen LogP contribution in [0.3, 0.4) is 0 Å². The highest BCUT2D eigenvalue weighted by atomic mass is 79.9. The highest BCUT2D eigenvalue weighted by Gasteiger charge is 2.22. The van der Waals surface area contributed by atoms with E-state index in [-0.39, 0.29) is 42.5 Å². The Bertz CT molecular complexity index is 555. The summed E-state index contributed by atoms with van der Waals surface area (Å²) in [5, 5.41) is 2.69. The van der Waals surface area contributed by atoms with Gasteiger partial charge in [-0.15, -0.1) is 40.2 Å². The van der Waals surface area contributed by atoms with E-state index in [1.807, 2.05) is 24.3 Å². The first-order valence-corrected chi connectivity index (χ1v) is 9.74. The van der Waals surface area contributed by atoms with E-state index >= 15 is 0 Å². The van der Waals surface area contributed by atoms with Crippen LogP contribution in [-0.2, 0) is 20.7 Å². The Labute approximate surface area is 181 Å². The first kappa shape index (κ1) is 26.0. The van der Waals surface area contributed by atoms with Crippen LogP contribution in [0.4, 0.5) is 5.69 Å². The Hall–Kier alpha value is -1.02. The fraction of sp³-hybridized carbons (Fsp3) is 0.556. The monoisotopic (exact) mass is 483 g/mol. The molecule has 0 aliphatic heterocycles. The zero-order valence-electron chi connectivity index (χ0n) is 15.5. The predicted molar refractivity (Wildman–Crippen MR) is 116 cm³/mol. The summed E-state index contributed by atoms with van der Waals surface area (Å²) in [6, 6.07) is 7.02. The highest BCUT2D eigenvalue weighted by molar-refractivity contribution is 8.93. The van der Waals surface area contributed by atoms with E-state index in [1.54, 1.807) is 6.92 Å². The van der Waals surface area contributed by atoms with Crippen molar-refractivity contribution in [3.63, 3.8) is 0 Å². The number of anilines is 1. The number of alkyl halides is 2. The van der Waals surface area contributed by atoms with Gasteiger partial charge >= 0.3 is 5.97 Å². The fourth-order valence-electron chi connectivity index (χ4n) is 2.49. The lowest BCUT2D eigenvalue weighted by molar-refractivity contribution is -0.147. The summed E-state index contributed by atoms with van der Waals surface area (Å²) in [5.74, 6) is 0.304. The number of rotatable bonds is 12. The summed E-state index contributed by atoms with van der Waals surface area (Å²) in [6.45, 7) is 3.62. The number of esters is 1. The maximum absolute atomic E-state index is 12.1. The normalized spacial score (nSPS) is 11.3. The Morgan fingerprint density at radius 3 is 2.26 bits per heavy atom. The average Bonchev–Trinajstić information content (AvgIpc) is 2.62. The number of hydrogen-bond acceptors (Lipinski definition) is 5. The molecule has 154 valence electrons. The van der Waals surface area contributed by atoms with Gasteiger partial charge in [0.05, 0.1) is 6.61 Å². The van der Waals surface area contributed by atoms with Gasteiger partial charge in [0.25, 0.3) is 0 Å². The molecule has 9 heteroatoms. The molecule has 0 unspecified atom stereocenters. The number of carbonyl (C=O) groups excluding carboxylic acids is 2. The van der Waals surface area contributed by atoms with Crippen LogP contribution in [0, 0.1) is 0 Å². The largest absolute Gasteiger partial charge is 0.464 e. The summed E-state index contributed by atoms with van der Waals surface area (Å²) >= 11 is 11.7.